The van der Waals surface area contributed by atoms with Crippen LogP contribution in [-0.2, 0) is 0 Å². The van der Waals surface area contributed by atoms with Crippen LogP contribution in [0.4, 0.5) is 0 Å². The number of rotatable bonds is 7. The molecule has 1 aliphatic rings. The molecule has 6 nitrogen and oxygen atoms in total. The molecule has 1 fully saturated rings. The molecule has 0 amide bonds. The normalized spacial score (nSPS) is 17.1. The lowest BCUT2D eigenvalue weighted by Gasteiger charge is -2.38. The molecule has 2 N–H and O–H groups in total. The van der Waals surface area contributed by atoms with Crippen LogP contribution >= 0.6 is 0 Å². The number of ether oxygens (including phenoxy) is 1. The Labute approximate surface area is 172 Å². The van der Waals surface area contributed by atoms with Crippen LogP contribution in [0.5, 0.6) is 5.88 Å². The fourth-order valence-corrected chi connectivity index (χ4v) is 3.94. The van der Waals surface area contributed by atoms with Crippen LogP contribution in [0.3, 0.4) is 0 Å². The first-order valence-electron chi connectivity index (χ1n) is 10.1. The van der Waals surface area contributed by atoms with Crippen LogP contribution in [0.15, 0.2) is 42.5 Å². The summed E-state index contributed by atoms with van der Waals surface area (Å²) in [5, 5.41) is 18.2. The number of benzene rings is 1. The quantitative estimate of drug-likeness (QED) is 0.779. The number of piperidine rings is 1. The Kier molecular flexibility index (Phi) is 7.19. The molecule has 0 spiro atoms. The SMILES string of the molecule is CC(CCN)N1CCC(C(Oc2cccc(C#N)n2)c2ccc(C#N)cc2)CC1. The molecule has 2 aromatic rings. The number of hydrogen-bond acceptors (Lipinski definition) is 6. The van der Waals surface area contributed by atoms with Gasteiger partial charge in [-0.2, -0.15) is 10.5 Å². The van der Waals surface area contributed by atoms with Crippen molar-refractivity contribution in [1.29, 1.82) is 10.5 Å². The zero-order valence-electron chi connectivity index (χ0n) is 16.8. The van der Waals surface area contributed by atoms with E-state index in [4.69, 9.17) is 21.0 Å². The van der Waals surface area contributed by atoms with Gasteiger partial charge >= 0.3 is 0 Å². The number of aromatic nitrogens is 1. The van der Waals surface area contributed by atoms with Gasteiger partial charge in [0.15, 0.2) is 0 Å². The largest absolute Gasteiger partial charge is 0.469 e. The van der Waals surface area contributed by atoms with E-state index < -0.39 is 0 Å². The predicted octanol–water partition coefficient (Wildman–Crippen LogP) is 3.39. The second-order valence-corrected chi connectivity index (χ2v) is 7.54. The molecule has 1 aromatic heterocycles. The Balaban J connectivity index is 1.79. The third kappa shape index (κ3) is 5.32. The van der Waals surface area contributed by atoms with Crippen LogP contribution in [0.25, 0.3) is 0 Å². The van der Waals surface area contributed by atoms with Gasteiger partial charge < -0.3 is 15.4 Å². The highest BCUT2D eigenvalue weighted by molar-refractivity contribution is 5.33. The van der Waals surface area contributed by atoms with Crippen LogP contribution in [0.1, 0.15) is 49.1 Å². The summed E-state index contributed by atoms with van der Waals surface area (Å²) in [6.45, 7) is 4.96. The molecule has 0 aliphatic carbocycles. The molecular weight excluding hydrogens is 362 g/mol. The lowest BCUT2D eigenvalue weighted by molar-refractivity contribution is 0.0586. The molecule has 3 rings (SSSR count). The standard InChI is InChI=1S/C23H27N5O/c1-17(9-12-24)28-13-10-20(11-14-28)23(19-7-5-18(15-25)6-8-19)29-22-4-2-3-21(16-26)27-22/h2-8,17,20,23H,9-14,24H2,1H3. The summed E-state index contributed by atoms with van der Waals surface area (Å²) >= 11 is 0. The summed E-state index contributed by atoms with van der Waals surface area (Å²) < 4.78 is 6.32. The van der Waals surface area contributed by atoms with E-state index in [0.29, 0.717) is 35.6 Å². The minimum atomic E-state index is -0.170. The number of nitrogens with zero attached hydrogens (tertiary/aromatic N) is 4. The second-order valence-electron chi connectivity index (χ2n) is 7.54. The number of nitriles is 2. The summed E-state index contributed by atoms with van der Waals surface area (Å²) in [7, 11) is 0. The molecule has 29 heavy (non-hydrogen) atoms. The molecule has 0 saturated carbocycles. The molecule has 1 aliphatic heterocycles. The summed E-state index contributed by atoms with van der Waals surface area (Å²) in [5.41, 5.74) is 7.72. The predicted molar refractivity (Wildman–Crippen MR) is 111 cm³/mol. The Morgan fingerprint density at radius 1 is 1.14 bits per heavy atom. The number of nitrogens with two attached hydrogens (primary N) is 1. The number of likely N-dealkylation sites (tertiary alicyclic amines) is 1. The Morgan fingerprint density at radius 3 is 2.48 bits per heavy atom. The van der Waals surface area contributed by atoms with E-state index in [-0.39, 0.29) is 6.10 Å². The maximum Gasteiger partial charge on any atom is 0.215 e. The molecule has 0 bridgehead atoms. The zero-order chi connectivity index (χ0) is 20.6. The van der Waals surface area contributed by atoms with Crippen molar-refractivity contribution in [3.05, 3.63) is 59.3 Å². The van der Waals surface area contributed by atoms with Gasteiger partial charge in [-0.15, -0.1) is 0 Å². The summed E-state index contributed by atoms with van der Waals surface area (Å²) in [6, 6.07) is 17.5. The van der Waals surface area contributed by atoms with Crippen molar-refractivity contribution in [2.24, 2.45) is 11.7 Å². The fraction of sp³-hybridized carbons (Fsp3) is 0.435. The van der Waals surface area contributed by atoms with E-state index in [1.165, 1.54) is 0 Å². The molecule has 2 unspecified atom stereocenters. The van der Waals surface area contributed by atoms with Crippen LogP contribution in [0.2, 0.25) is 0 Å². The van der Waals surface area contributed by atoms with Gasteiger partial charge in [0.1, 0.15) is 17.9 Å². The van der Waals surface area contributed by atoms with Gasteiger partial charge in [0.2, 0.25) is 5.88 Å². The third-order valence-electron chi connectivity index (χ3n) is 5.66. The van der Waals surface area contributed by atoms with E-state index in [1.54, 1.807) is 18.2 Å². The van der Waals surface area contributed by atoms with Crippen LogP contribution in [-0.4, -0.2) is 35.6 Å². The highest BCUT2D eigenvalue weighted by Gasteiger charge is 2.31. The summed E-state index contributed by atoms with van der Waals surface area (Å²) in [5.74, 6) is 0.786. The zero-order valence-corrected chi connectivity index (χ0v) is 16.8. The van der Waals surface area contributed by atoms with Crippen molar-refractivity contribution in [3.63, 3.8) is 0 Å². The van der Waals surface area contributed by atoms with E-state index in [9.17, 15) is 0 Å². The average Bonchev–Trinajstić information content (AvgIpc) is 2.78. The summed E-state index contributed by atoms with van der Waals surface area (Å²) in [6.07, 6.45) is 2.86. The lowest BCUT2D eigenvalue weighted by Crippen LogP contribution is -2.42. The maximum atomic E-state index is 9.13. The van der Waals surface area contributed by atoms with Crippen molar-refractivity contribution in [3.8, 4) is 18.0 Å². The monoisotopic (exact) mass is 389 g/mol. The van der Waals surface area contributed by atoms with Crippen molar-refractivity contribution in [1.82, 2.24) is 9.88 Å². The Bertz CT molecular complexity index is 875. The molecule has 2 atom stereocenters. The number of hydrogen-bond donors (Lipinski definition) is 1. The molecule has 150 valence electrons. The molecule has 6 heteroatoms. The first kappa shape index (κ1) is 20.8. The Hall–Kier alpha value is -2.93. The highest BCUT2D eigenvalue weighted by atomic mass is 16.5. The van der Waals surface area contributed by atoms with Crippen molar-refractivity contribution >= 4 is 0 Å². The minimum absolute atomic E-state index is 0.170. The van der Waals surface area contributed by atoms with E-state index >= 15 is 0 Å². The van der Waals surface area contributed by atoms with Crippen LogP contribution in [0, 0.1) is 28.6 Å². The first-order chi connectivity index (χ1) is 14.1. The molecule has 1 saturated heterocycles. The highest BCUT2D eigenvalue weighted by Crippen LogP contribution is 2.35. The van der Waals surface area contributed by atoms with Gasteiger partial charge in [0, 0.05) is 18.0 Å². The van der Waals surface area contributed by atoms with Gasteiger partial charge in [0.25, 0.3) is 0 Å². The third-order valence-corrected chi connectivity index (χ3v) is 5.66. The van der Waals surface area contributed by atoms with Gasteiger partial charge in [0.05, 0.1) is 11.6 Å². The van der Waals surface area contributed by atoms with Gasteiger partial charge in [-0.3, -0.25) is 0 Å². The van der Waals surface area contributed by atoms with Crippen molar-refractivity contribution in [2.75, 3.05) is 19.6 Å². The van der Waals surface area contributed by atoms with Gasteiger partial charge in [-0.25, -0.2) is 4.98 Å². The van der Waals surface area contributed by atoms with Gasteiger partial charge in [-0.1, -0.05) is 18.2 Å². The number of pyridine rings is 1. The van der Waals surface area contributed by atoms with Crippen molar-refractivity contribution in [2.45, 2.75) is 38.3 Å². The topological polar surface area (TPSA) is 99.0 Å². The molecule has 2 heterocycles. The summed E-state index contributed by atoms with van der Waals surface area (Å²) in [4.78, 5) is 6.79. The fourth-order valence-electron chi connectivity index (χ4n) is 3.94. The van der Waals surface area contributed by atoms with Crippen LogP contribution < -0.4 is 10.5 Å². The van der Waals surface area contributed by atoms with E-state index in [1.807, 2.05) is 24.3 Å². The smallest absolute Gasteiger partial charge is 0.215 e. The molecule has 0 radical (unpaired) electrons. The van der Waals surface area contributed by atoms with Gasteiger partial charge in [-0.05, 0) is 69.6 Å². The molecule has 1 aromatic carbocycles. The second kappa shape index (κ2) is 10.0. The lowest BCUT2D eigenvalue weighted by atomic mass is 9.86. The molecular formula is C23H27N5O. The minimum Gasteiger partial charge on any atom is -0.469 e. The Morgan fingerprint density at radius 2 is 1.86 bits per heavy atom. The average molecular weight is 390 g/mol. The maximum absolute atomic E-state index is 9.13. The van der Waals surface area contributed by atoms with E-state index in [2.05, 4.69) is 28.9 Å². The first-order valence-corrected chi connectivity index (χ1v) is 10.1. The van der Waals surface area contributed by atoms with E-state index in [0.717, 1.165) is 37.9 Å². The van der Waals surface area contributed by atoms with Crippen molar-refractivity contribution < 1.29 is 4.74 Å².